The summed E-state index contributed by atoms with van der Waals surface area (Å²) < 4.78 is 0. The summed E-state index contributed by atoms with van der Waals surface area (Å²) >= 11 is 0. The second-order valence-corrected chi connectivity index (χ2v) is 6.19. The van der Waals surface area contributed by atoms with Gasteiger partial charge in [-0.05, 0) is 57.7 Å². The third-order valence-electron chi connectivity index (χ3n) is 4.20. The normalized spacial score (nSPS) is 22.9. The van der Waals surface area contributed by atoms with Gasteiger partial charge in [-0.1, -0.05) is 23.6 Å². The number of aliphatic hydroxyl groups is 1. The number of aliphatic hydroxyl groups excluding tert-OH is 1. The van der Waals surface area contributed by atoms with E-state index in [4.69, 9.17) is 10.6 Å². The van der Waals surface area contributed by atoms with Gasteiger partial charge >= 0.3 is 0 Å². The summed E-state index contributed by atoms with van der Waals surface area (Å²) in [6.45, 7) is 3.03. The minimum atomic E-state index is -0.498. The Hall–Kier alpha value is -1.07. The molecule has 2 aliphatic rings. The average Bonchev–Trinajstić information content (AvgIpc) is 2.49. The van der Waals surface area contributed by atoms with Gasteiger partial charge in [-0.3, -0.25) is 0 Å². The second kappa shape index (κ2) is 9.05. The van der Waals surface area contributed by atoms with Crippen LogP contribution in [0, 0.1) is 0 Å². The molecule has 0 aromatic rings. The maximum atomic E-state index is 9.94. The molecular weight excluding hydrogens is 266 g/mol. The number of allylic oxidation sites excluding steroid dienone is 1. The van der Waals surface area contributed by atoms with Gasteiger partial charge in [0.25, 0.3) is 0 Å². The zero-order chi connectivity index (χ0) is 14.9. The molecule has 1 heterocycles. The molecule has 1 aliphatic heterocycles. The molecule has 5 nitrogen and oxygen atoms in total. The molecular formula is C16H29N3O2. The SMILES string of the molecule is NC(C=C1CCCCC1)=NOCC(O)CN1CCCCC1. The minimum absolute atomic E-state index is 0.209. The Kier molecular flexibility index (Phi) is 7.03. The number of hydrogen-bond acceptors (Lipinski definition) is 4. The number of rotatable bonds is 6. The van der Waals surface area contributed by atoms with Crippen LogP contribution in [0.2, 0.25) is 0 Å². The molecule has 1 saturated carbocycles. The number of oxime groups is 1. The Morgan fingerprint density at radius 3 is 2.57 bits per heavy atom. The number of likely N-dealkylation sites (tertiary alicyclic amines) is 1. The topological polar surface area (TPSA) is 71.1 Å². The summed E-state index contributed by atoms with van der Waals surface area (Å²) in [5.41, 5.74) is 7.19. The van der Waals surface area contributed by atoms with Crippen molar-refractivity contribution in [3.63, 3.8) is 0 Å². The molecule has 0 spiro atoms. The number of amidine groups is 1. The van der Waals surface area contributed by atoms with E-state index in [0.29, 0.717) is 12.4 Å². The van der Waals surface area contributed by atoms with E-state index in [1.54, 1.807) is 0 Å². The molecule has 3 N–H and O–H groups in total. The first-order valence-corrected chi connectivity index (χ1v) is 8.29. The van der Waals surface area contributed by atoms with E-state index in [9.17, 15) is 5.11 Å². The van der Waals surface area contributed by atoms with E-state index in [2.05, 4.69) is 10.1 Å². The van der Waals surface area contributed by atoms with E-state index >= 15 is 0 Å². The van der Waals surface area contributed by atoms with Crippen molar-refractivity contribution in [1.29, 1.82) is 0 Å². The van der Waals surface area contributed by atoms with Gasteiger partial charge in [-0.2, -0.15) is 0 Å². The van der Waals surface area contributed by atoms with E-state index in [1.807, 2.05) is 6.08 Å². The zero-order valence-corrected chi connectivity index (χ0v) is 13.0. The van der Waals surface area contributed by atoms with Crippen LogP contribution in [-0.2, 0) is 4.84 Å². The predicted molar refractivity (Wildman–Crippen MR) is 85.0 cm³/mol. The summed E-state index contributed by atoms with van der Waals surface area (Å²) in [5.74, 6) is 0.414. The van der Waals surface area contributed by atoms with Crippen molar-refractivity contribution in [2.45, 2.75) is 57.5 Å². The molecule has 0 amide bonds. The Morgan fingerprint density at radius 1 is 1.19 bits per heavy atom. The third kappa shape index (κ3) is 6.48. The molecule has 21 heavy (non-hydrogen) atoms. The maximum Gasteiger partial charge on any atom is 0.162 e. The fourth-order valence-corrected chi connectivity index (χ4v) is 3.08. The molecule has 2 rings (SSSR count). The predicted octanol–water partition coefficient (Wildman–Crippen LogP) is 2.01. The number of hydrogen-bond donors (Lipinski definition) is 2. The summed E-state index contributed by atoms with van der Waals surface area (Å²) in [4.78, 5) is 7.47. The lowest BCUT2D eigenvalue weighted by atomic mass is 9.95. The van der Waals surface area contributed by atoms with Crippen molar-refractivity contribution >= 4 is 5.84 Å². The van der Waals surface area contributed by atoms with Crippen LogP contribution >= 0.6 is 0 Å². The lowest BCUT2D eigenvalue weighted by Gasteiger charge is -2.27. The van der Waals surface area contributed by atoms with Crippen LogP contribution in [0.1, 0.15) is 51.4 Å². The number of β-amino-alcohol motifs (C(OH)–C–C–N with tert-alkyl or cyclic N) is 1. The highest BCUT2D eigenvalue weighted by Gasteiger charge is 2.14. The van der Waals surface area contributed by atoms with E-state index < -0.39 is 6.10 Å². The van der Waals surface area contributed by atoms with Crippen molar-refractivity contribution in [2.75, 3.05) is 26.2 Å². The van der Waals surface area contributed by atoms with Gasteiger partial charge in [0.05, 0.1) is 0 Å². The molecule has 5 heteroatoms. The molecule has 1 saturated heterocycles. The van der Waals surface area contributed by atoms with Gasteiger partial charge in [0.1, 0.15) is 12.7 Å². The van der Waals surface area contributed by atoms with Crippen LogP contribution in [0.15, 0.2) is 16.8 Å². The van der Waals surface area contributed by atoms with Gasteiger partial charge in [0, 0.05) is 6.54 Å². The van der Waals surface area contributed by atoms with Crippen LogP contribution in [0.5, 0.6) is 0 Å². The standard InChI is InChI=1S/C16H29N3O2/c17-16(11-14-7-3-1-4-8-14)18-21-13-15(20)12-19-9-5-2-6-10-19/h11,15,20H,1-10,12-13H2,(H2,17,18). The van der Waals surface area contributed by atoms with Crippen LogP contribution in [0.3, 0.4) is 0 Å². The quantitative estimate of drug-likeness (QED) is 0.447. The molecule has 1 aliphatic carbocycles. The van der Waals surface area contributed by atoms with Crippen molar-refractivity contribution in [1.82, 2.24) is 4.90 Å². The fourth-order valence-electron chi connectivity index (χ4n) is 3.08. The monoisotopic (exact) mass is 295 g/mol. The summed E-state index contributed by atoms with van der Waals surface area (Å²) in [6, 6.07) is 0. The Labute approximate surface area is 127 Å². The van der Waals surface area contributed by atoms with Gasteiger partial charge < -0.3 is 20.6 Å². The average molecular weight is 295 g/mol. The lowest BCUT2D eigenvalue weighted by molar-refractivity contribution is 0.0158. The van der Waals surface area contributed by atoms with Crippen molar-refractivity contribution in [3.05, 3.63) is 11.6 Å². The van der Waals surface area contributed by atoms with Crippen LogP contribution in [-0.4, -0.2) is 48.2 Å². The largest absolute Gasteiger partial charge is 0.391 e. The highest BCUT2D eigenvalue weighted by molar-refractivity contribution is 5.91. The number of piperidine rings is 1. The fraction of sp³-hybridized carbons (Fsp3) is 0.812. The molecule has 120 valence electrons. The lowest BCUT2D eigenvalue weighted by Crippen LogP contribution is -2.38. The molecule has 0 aromatic heterocycles. The van der Waals surface area contributed by atoms with Crippen molar-refractivity contribution in [3.8, 4) is 0 Å². The van der Waals surface area contributed by atoms with E-state index in [-0.39, 0.29) is 6.61 Å². The molecule has 0 bridgehead atoms. The number of nitrogens with zero attached hydrogens (tertiary/aromatic N) is 2. The Balaban J connectivity index is 1.65. The van der Waals surface area contributed by atoms with Crippen molar-refractivity contribution in [2.24, 2.45) is 10.9 Å². The summed E-state index contributed by atoms with van der Waals surface area (Å²) in [5, 5.41) is 13.8. The second-order valence-electron chi connectivity index (χ2n) is 6.19. The molecule has 2 fully saturated rings. The molecule has 1 atom stereocenters. The first kappa shape index (κ1) is 16.3. The van der Waals surface area contributed by atoms with Crippen molar-refractivity contribution < 1.29 is 9.94 Å². The summed E-state index contributed by atoms with van der Waals surface area (Å²) in [7, 11) is 0. The van der Waals surface area contributed by atoms with Gasteiger partial charge in [-0.15, -0.1) is 0 Å². The smallest absolute Gasteiger partial charge is 0.162 e. The first-order chi connectivity index (χ1) is 10.2. The molecule has 0 aromatic carbocycles. The molecule has 1 unspecified atom stereocenters. The third-order valence-corrected chi connectivity index (χ3v) is 4.20. The minimum Gasteiger partial charge on any atom is -0.391 e. The highest BCUT2D eigenvalue weighted by atomic mass is 16.6. The van der Waals surface area contributed by atoms with Gasteiger partial charge in [0.15, 0.2) is 5.84 Å². The number of nitrogens with two attached hydrogens (primary N) is 1. The molecule has 0 radical (unpaired) electrons. The summed E-state index contributed by atoms with van der Waals surface area (Å²) in [6.07, 6.45) is 11.2. The maximum absolute atomic E-state index is 9.94. The van der Waals surface area contributed by atoms with Crippen LogP contribution in [0.4, 0.5) is 0 Å². The van der Waals surface area contributed by atoms with Gasteiger partial charge in [-0.25, -0.2) is 0 Å². The Morgan fingerprint density at radius 2 is 1.86 bits per heavy atom. The highest BCUT2D eigenvalue weighted by Crippen LogP contribution is 2.22. The first-order valence-electron chi connectivity index (χ1n) is 8.29. The van der Waals surface area contributed by atoms with Crippen LogP contribution < -0.4 is 5.73 Å². The van der Waals surface area contributed by atoms with Crippen LogP contribution in [0.25, 0.3) is 0 Å². The zero-order valence-electron chi connectivity index (χ0n) is 13.0. The van der Waals surface area contributed by atoms with Gasteiger partial charge in [0.2, 0.25) is 0 Å². The van der Waals surface area contributed by atoms with E-state index in [0.717, 1.165) is 25.9 Å². The Bertz CT molecular complexity index is 355. The van der Waals surface area contributed by atoms with E-state index in [1.165, 1.54) is 44.1 Å².